The second-order valence-corrected chi connectivity index (χ2v) is 15.3. The predicted molar refractivity (Wildman–Crippen MR) is 202 cm³/mol. The minimum Gasteiger partial charge on any atom is -0.444 e. The Morgan fingerprint density at radius 3 is 1.87 bits per heavy atom. The number of nitrogens with one attached hydrogen (secondary N) is 2. The van der Waals surface area contributed by atoms with E-state index in [1.165, 1.54) is 11.1 Å². The average Bonchev–Trinajstić information content (AvgIpc) is 3.09. The molecule has 13 heteroatoms. The van der Waals surface area contributed by atoms with E-state index in [1.807, 2.05) is 52.0 Å². The summed E-state index contributed by atoms with van der Waals surface area (Å²) in [6.45, 7) is 15.8. The van der Waals surface area contributed by atoms with Crippen molar-refractivity contribution in [3.63, 3.8) is 0 Å². The number of aromatic nitrogens is 4. The number of fused-ring (bicyclic) bond motifs is 2. The number of piperazine rings is 1. The van der Waals surface area contributed by atoms with Crippen molar-refractivity contribution >= 4 is 23.5 Å². The number of carbonyl (C=O) groups is 1. The molecule has 0 bridgehead atoms. The number of nitrogens with zero attached hydrogens (tertiary/aromatic N) is 6. The Balaban J connectivity index is 0.000000206. The molecule has 4 aromatic rings. The van der Waals surface area contributed by atoms with Crippen molar-refractivity contribution in [1.82, 2.24) is 34.6 Å². The van der Waals surface area contributed by atoms with Crippen LogP contribution in [0.1, 0.15) is 68.3 Å². The third-order valence-corrected chi connectivity index (χ3v) is 9.99. The lowest BCUT2D eigenvalue weighted by atomic mass is 10.0. The van der Waals surface area contributed by atoms with Gasteiger partial charge in [0.1, 0.15) is 16.6 Å². The number of hydrogen-bond acceptors (Lipinski definition) is 9. The number of ether oxygens (including phenoxy) is 1. The molecule has 1 amide bonds. The van der Waals surface area contributed by atoms with Crippen molar-refractivity contribution in [3.8, 4) is 0 Å². The van der Waals surface area contributed by atoms with E-state index < -0.39 is 5.60 Å². The second-order valence-electron chi connectivity index (χ2n) is 15.0. The summed E-state index contributed by atoms with van der Waals surface area (Å²) in [5.41, 5.74) is 5.25. The molecule has 5 heterocycles. The predicted octanol–water partition coefficient (Wildman–Crippen LogP) is 5.14. The standard InChI is InChI=1S/C25H35N5O3.C14H14ClN3O/c1-17-14-30(24(32)33-25(3,4)5)18(2)13-29(17)22-20-11-12-28(15-19-9-7-6-8-10-19)16-21(20)26-23(31)27-22;15-13-11-6-7-18(8-10-4-2-1-3-5-10)9-12(11)16-14(19)17-13/h6-10,17-18H,11-16H2,1-5H3,(H,26,27,31);1-5H,6-9H2,(H,16,17,19)/t17-,18+;/m0./s1. The van der Waals surface area contributed by atoms with Crippen molar-refractivity contribution in [2.24, 2.45) is 0 Å². The molecule has 276 valence electrons. The van der Waals surface area contributed by atoms with Gasteiger partial charge in [0.05, 0.1) is 0 Å². The van der Waals surface area contributed by atoms with Crippen LogP contribution in [0, 0.1) is 0 Å². The van der Waals surface area contributed by atoms with Gasteiger partial charge in [0.25, 0.3) is 0 Å². The first-order valence-electron chi connectivity index (χ1n) is 18.0. The third kappa shape index (κ3) is 9.28. The fraction of sp³-hybridized carbons (Fsp3) is 0.462. The molecular formula is C39H49ClN8O4. The topological polar surface area (TPSA) is 131 Å². The summed E-state index contributed by atoms with van der Waals surface area (Å²) < 4.78 is 5.60. The van der Waals surface area contributed by atoms with Crippen LogP contribution in [0.2, 0.25) is 5.15 Å². The molecule has 52 heavy (non-hydrogen) atoms. The van der Waals surface area contributed by atoms with E-state index in [0.717, 1.165) is 67.4 Å². The molecule has 2 N–H and O–H groups in total. The van der Waals surface area contributed by atoms with Crippen molar-refractivity contribution in [2.45, 2.75) is 91.3 Å². The highest BCUT2D eigenvalue weighted by Crippen LogP contribution is 2.30. The minimum atomic E-state index is -0.532. The zero-order valence-electron chi connectivity index (χ0n) is 30.7. The highest BCUT2D eigenvalue weighted by atomic mass is 35.5. The molecular weight excluding hydrogens is 680 g/mol. The Morgan fingerprint density at radius 2 is 1.31 bits per heavy atom. The van der Waals surface area contributed by atoms with Crippen LogP contribution in [0.3, 0.4) is 0 Å². The van der Waals surface area contributed by atoms with Gasteiger partial charge >= 0.3 is 17.5 Å². The number of benzene rings is 2. The van der Waals surface area contributed by atoms with Crippen LogP contribution in [-0.4, -0.2) is 84.6 Å². The van der Waals surface area contributed by atoms with Crippen molar-refractivity contribution < 1.29 is 9.53 Å². The molecule has 12 nitrogen and oxygen atoms in total. The van der Waals surface area contributed by atoms with Crippen LogP contribution in [0.25, 0.3) is 0 Å². The zero-order valence-corrected chi connectivity index (χ0v) is 31.4. The maximum absolute atomic E-state index is 12.7. The van der Waals surface area contributed by atoms with Crippen LogP contribution in [0.5, 0.6) is 0 Å². The molecule has 1 saturated heterocycles. The molecule has 0 unspecified atom stereocenters. The van der Waals surface area contributed by atoms with Crippen LogP contribution in [-0.2, 0) is 43.8 Å². The summed E-state index contributed by atoms with van der Waals surface area (Å²) in [6, 6.07) is 20.7. The average molecular weight is 729 g/mol. The molecule has 2 aromatic carbocycles. The maximum atomic E-state index is 12.7. The molecule has 0 spiro atoms. The molecule has 2 aromatic heterocycles. The molecule has 2 atom stereocenters. The van der Waals surface area contributed by atoms with Gasteiger partial charge in [0.2, 0.25) is 0 Å². The number of rotatable bonds is 5. The molecule has 7 rings (SSSR count). The van der Waals surface area contributed by atoms with E-state index in [4.69, 9.17) is 16.3 Å². The Kier molecular flexibility index (Phi) is 11.5. The summed E-state index contributed by atoms with van der Waals surface area (Å²) in [7, 11) is 0. The number of carbonyl (C=O) groups excluding carboxylic acids is 1. The van der Waals surface area contributed by atoms with Crippen molar-refractivity contribution in [1.29, 1.82) is 0 Å². The highest BCUT2D eigenvalue weighted by Gasteiger charge is 2.37. The number of amides is 1. The highest BCUT2D eigenvalue weighted by molar-refractivity contribution is 6.30. The number of H-pyrrole nitrogens is 2. The Bertz CT molecular complexity index is 1960. The van der Waals surface area contributed by atoms with Gasteiger partial charge in [-0.2, -0.15) is 9.97 Å². The maximum Gasteiger partial charge on any atom is 0.410 e. The molecule has 0 aliphatic carbocycles. The zero-order chi connectivity index (χ0) is 37.0. The smallest absolute Gasteiger partial charge is 0.410 e. The van der Waals surface area contributed by atoms with Gasteiger partial charge < -0.3 is 24.5 Å². The van der Waals surface area contributed by atoms with Crippen molar-refractivity contribution in [3.05, 3.63) is 120 Å². The van der Waals surface area contributed by atoms with E-state index in [2.05, 4.69) is 78.0 Å². The second kappa shape index (κ2) is 16.0. The minimum absolute atomic E-state index is 0.0227. The Morgan fingerprint density at radius 1 is 0.788 bits per heavy atom. The summed E-state index contributed by atoms with van der Waals surface area (Å²) >= 11 is 6.01. The Hall–Kier alpha value is -4.52. The molecule has 1 fully saturated rings. The molecule has 0 radical (unpaired) electrons. The van der Waals surface area contributed by atoms with Gasteiger partial charge in [-0.05, 0) is 58.6 Å². The van der Waals surface area contributed by atoms with E-state index in [9.17, 15) is 14.4 Å². The largest absolute Gasteiger partial charge is 0.444 e. The van der Waals surface area contributed by atoms with Gasteiger partial charge in [-0.3, -0.25) is 9.80 Å². The summed E-state index contributed by atoms with van der Waals surface area (Å²) in [4.78, 5) is 59.1. The molecule has 3 aliphatic heterocycles. The summed E-state index contributed by atoms with van der Waals surface area (Å²) in [6.07, 6.45) is 1.36. The number of hydrogen-bond donors (Lipinski definition) is 2. The van der Waals surface area contributed by atoms with Gasteiger partial charge in [0.15, 0.2) is 0 Å². The van der Waals surface area contributed by atoms with Gasteiger partial charge in [-0.1, -0.05) is 72.3 Å². The lowest BCUT2D eigenvalue weighted by molar-refractivity contribution is 0.0129. The lowest BCUT2D eigenvalue weighted by Crippen LogP contribution is -2.59. The molecule has 0 saturated carbocycles. The monoisotopic (exact) mass is 728 g/mol. The fourth-order valence-corrected chi connectivity index (χ4v) is 7.45. The summed E-state index contributed by atoms with van der Waals surface area (Å²) in [5.74, 6) is 0.760. The van der Waals surface area contributed by atoms with Crippen LogP contribution in [0.15, 0.2) is 70.3 Å². The fourth-order valence-electron chi connectivity index (χ4n) is 7.16. The van der Waals surface area contributed by atoms with Crippen LogP contribution in [0.4, 0.5) is 10.6 Å². The van der Waals surface area contributed by atoms with E-state index in [1.54, 1.807) is 4.90 Å². The van der Waals surface area contributed by atoms with Gasteiger partial charge in [0, 0.05) is 87.0 Å². The SMILES string of the molecule is C[C@@H]1CN(c2nc(=O)[nH]c3c2CCN(Cc2ccccc2)C3)[C@@H](C)CN1C(=O)OC(C)(C)C.O=c1nc(Cl)c2c([nH]1)CN(Cc1ccccc1)CC2. The normalized spacial score (nSPS) is 19.3. The first-order chi connectivity index (χ1) is 24.8. The number of halogens is 1. The van der Waals surface area contributed by atoms with Crippen LogP contribution >= 0.6 is 11.6 Å². The number of anilines is 1. The van der Waals surface area contributed by atoms with E-state index in [0.29, 0.717) is 31.3 Å². The van der Waals surface area contributed by atoms with Gasteiger partial charge in [-0.25, -0.2) is 14.4 Å². The van der Waals surface area contributed by atoms with Crippen LogP contribution < -0.4 is 16.3 Å². The lowest BCUT2D eigenvalue weighted by Gasteiger charge is -2.45. The Labute approximate surface area is 309 Å². The third-order valence-electron chi connectivity index (χ3n) is 9.67. The number of aromatic amines is 2. The van der Waals surface area contributed by atoms with Gasteiger partial charge in [-0.15, -0.1) is 0 Å². The first kappa shape index (κ1) is 37.2. The first-order valence-corrected chi connectivity index (χ1v) is 18.4. The summed E-state index contributed by atoms with van der Waals surface area (Å²) in [5, 5.41) is 0.345. The quantitative estimate of drug-likeness (QED) is 0.268. The van der Waals surface area contributed by atoms with E-state index >= 15 is 0 Å². The van der Waals surface area contributed by atoms with Crippen molar-refractivity contribution in [2.75, 3.05) is 31.1 Å². The molecule has 3 aliphatic rings. The van der Waals surface area contributed by atoms with E-state index in [-0.39, 0.29) is 29.6 Å².